The van der Waals surface area contributed by atoms with Crippen LogP contribution in [0.2, 0.25) is 0 Å². The Kier molecular flexibility index (Phi) is 6.60. The van der Waals surface area contributed by atoms with Crippen LogP contribution in [0.4, 0.5) is 17.1 Å². The van der Waals surface area contributed by atoms with Gasteiger partial charge >= 0.3 is 0 Å². The summed E-state index contributed by atoms with van der Waals surface area (Å²) < 4.78 is 0. The minimum atomic E-state index is 0.886. The van der Waals surface area contributed by atoms with E-state index in [1.54, 1.807) is 0 Å². The lowest BCUT2D eigenvalue weighted by Gasteiger charge is -2.17. The summed E-state index contributed by atoms with van der Waals surface area (Å²) in [6.45, 7) is 2.16. The number of hydrogen-bond acceptors (Lipinski definition) is 3. The van der Waals surface area contributed by atoms with E-state index in [4.69, 9.17) is 5.84 Å². The molecular weight excluding hydrogens is 426 g/mol. The van der Waals surface area contributed by atoms with Crippen LogP contribution in [0.15, 0.2) is 121 Å². The quantitative estimate of drug-likeness (QED) is 0.171. The normalized spacial score (nSPS) is 10.7. The molecule has 0 spiro atoms. The minimum Gasteiger partial charge on any atom is -0.355 e. The highest BCUT2D eigenvalue weighted by Crippen LogP contribution is 2.38. The maximum Gasteiger partial charge on any atom is 0.0595 e. The van der Waals surface area contributed by atoms with Gasteiger partial charge in [0.1, 0.15) is 0 Å². The average Bonchev–Trinajstić information content (AvgIpc) is 2.93. The summed E-state index contributed by atoms with van der Waals surface area (Å²) in [5.74, 6) is 5.98. The van der Waals surface area contributed by atoms with Gasteiger partial charge in [0.25, 0.3) is 0 Å². The highest BCUT2D eigenvalue weighted by Gasteiger charge is 2.13. The Morgan fingerprint density at radius 2 is 1.23 bits per heavy atom. The van der Waals surface area contributed by atoms with Gasteiger partial charge in [-0.05, 0) is 70.6 Å². The van der Waals surface area contributed by atoms with Crippen molar-refractivity contribution in [1.82, 2.24) is 0 Å². The lowest BCUT2D eigenvalue weighted by atomic mass is 9.91. The van der Waals surface area contributed by atoms with Crippen LogP contribution in [0, 0.1) is 0 Å². The van der Waals surface area contributed by atoms with E-state index in [1.165, 1.54) is 22.3 Å². The molecule has 4 N–H and O–H groups in total. The van der Waals surface area contributed by atoms with Crippen molar-refractivity contribution in [3.8, 4) is 33.4 Å². The van der Waals surface area contributed by atoms with Crippen molar-refractivity contribution in [2.75, 3.05) is 10.7 Å². The molecule has 0 heterocycles. The molecule has 0 aliphatic heterocycles. The summed E-state index contributed by atoms with van der Waals surface area (Å²) >= 11 is 0. The van der Waals surface area contributed by atoms with E-state index in [0.717, 1.165) is 40.2 Å². The first kappa shape index (κ1) is 22.5. The van der Waals surface area contributed by atoms with E-state index in [9.17, 15) is 0 Å². The van der Waals surface area contributed by atoms with Crippen LogP contribution in [0.1, 0.15) is 12.5 Å². The maximum atomic E-state index is 5.98. The Hall–Kier alpha value is -4.34. The molecule has 35 heavy (non-hydrogen) atoms. The Morgan fingerprint density at radius 3 is 1.97 bits per heavy atom. The van der Waals surface area contributed by atoms with E-state index < -0.39 is 0 Å². The highest BCUT2D eigenvalue weighted by atomic mass is 15.2. The predicted molar refractivity (Wildman–Crippen MR) is 150 cm³/mol. The molecule has 0 radical (unpaired) electrons. The number of hydrazine groups is 1. The number of aryl methyl sites for hydroxylation is 1. The zero-order valence-electron chi connectivity index (χ0n) is 19.8. The molecular formula is C32H29N3. The molecule has 0 atom stereocenters. The zero-order chi connectivity index (χ0) is 24.0. The molecule has 0 amide bonds. The lowest BCUT2D eigenvalue weighted by molar-refractivity contribution is 1.13. The second-order valence-corrected chi connectivity index (χ2v) is 8.54. The zero-order valence-corrected chi connectivity index (χ0v) is 19.8. The number of rotatable bonds is 7. The monoisotopic (exact) mass is 455 g/mol. The average molecular weight is 456 g/mol. The first-order valence-electron chi connectivity index (χ1n) is 12.0. The first-order valence-corrected chi connectivity index (χ1v) is 12.0. The smallest absolute Gasteiger partial charge is 0.0595 e. The molecule has 3 heteroatoms. The van der Waals surface area contributed by atoms with Gasteiger partial charge in [-0.2, -0.15) is 0 Å². The SMILES string of the molecule is CCc1cc(-c2cccc(-c3ccccc3Nc3ccccc3)c2)cc(-c2ccccc2)c1NN. The Morgan fingerprint density at radius 1 is 0.571 bits per heavy atom. The van der Waals surface area contributed by atoms with Crippen molar-refractivity contribution in [2.45, 2.75) is 13.3 Å². The molecule has 0 bridgehead atoms. The van der Waals surface area contributed by atoms with E-state index >= 15 is 0 Å². The van der Waals surface area contributed by atoms with Gasteiger partial charge < -0.3 is 10.7 Å². The largest absolute Gasteiger partial charge is 0.355 e. The third-order valence-electron chi connectivity index (χ3n) is 6.32. The van der Waals surface area contributed by atoms with Crippen molar-refractivity contribution < 1.29 is 0 Å². The molecule has 0 aliphatic rings. The summed E-state index contributed by atoms with van der Waals surface area (Å²) in [5.41, 5.74) is 14.2. The number of hydrogen-bond donors (Lipinski definition) is 3. The fourth-order valence-corrected chi connectivity index (χ4v) is 4.55. The van der Waals surface area contributed by atoms with Crippen molar-refractivity contribution in [3.63, 3.8) is 0 Å². The van der Waals surface area contributed by atoms with Crippen LogP contribution in [-0.4, -0.2) is 0 Å². The van der Waals surface area contributed by atoms with Gasteiger partial charge in [0.2, 0.25) is 0 Å². The molecule has 0 saturated carbocycles. The number of para-hydroxylation sites is 2. The van der Waals surface area contributed by atoms with E-state index in [-0.39, 0.29) is 0 Å². The van der Waals surface area contributed by atoms with Crippen LogP contribution in [0.25, 0.3) is 33.4 Å². The van der Waals surface area contributed by atoms with Gasteiger partial charge in [-0.3, -0.25) is 5.84 Å². The van der Waals surface area contributed by atoms with Crippen molar-refractivity contribution in [3.05, 3.63) is 127 Å². The topological polar surface area (TPSA) is 50.1 Å². The van der Waals surface area contributed by atoms with Crippen molar-refractivity contribution in [1.29, 1.82) is 0 Å². The predicted octanol–water partition coefficient (Wildman–Crippen LogP) is 8.28. The third-order valence-corrected chi connectivity index (χ3v) is 6.32. The van der Waals surface area contributed by atoms with Crippen molar-refractivity contribution in [2.24, 2.45) is 5.84 Å². The Balaban J connectivity index is 1.59. The molecule has 5 rings (SSSR count). The van der Waals surface area contributed by atoms with Crippen LogP contribution < -0.4 is 16.6 Å². The fraction of sp³-hybridized carbons (Fsp3) is 0.0625. The molecule has 3 nitrogen and oxygen atoms in total. The maximum absolute atomic E-state index is 5.98. The number of benzene rings is 5. The molecule has 5 aromatic rings. The first-order chi connectivity index (χ1) is 17.3. The molecule has 0 saturated heterocycles. The number of anilines is 3. The molecule has 0 aliphatic carbocycles. The van der Waals surface area contributed by atoms with Crippen molar-refractivity contribution >= 4 is 17.1 Å². The molecule has 0 aromatic heterocycles. The van der Waals surface area contributed by atoms with E-state index in [1.807, 2.05) is 24.3 Å². The Labute approximate surface area is 207 Å². The minimum absolute atomic E-state index is 0.886. The summed E-state index contributed by atoms with van der Waals surface area (Å²) in [4.78, 5) is 0. The second kappa shape index (κ2) is 10.3. The van der Waals surface area contributed by atoms with Gasteiger partial charge in [0.05, 0.1) is 5.69 Å². The molecule has 172 valence electrons. The van der Waals surface area contributed by atoms with Crippen LogP contribution in [0.3, 0.4) is 0 Å². The lowest BCUT2D eigenvalue weighted by Crippen LogP contribution is -2.10. The van der Waals surface area contributed by atoms with Crippen LogP contribution >= 0.6 is 0 Å². The van der Waals surface area contributed by atoms with E-state index in [2.05, 4.69) is 115 Å². The number of nitrogens with two attached hydrogens (primary N) is 1. The second-order valence-electron chi connectivity index (χ2n) is 8.54. The van der Waals surface area contributed by atoms with Gasteiger partial charge in [-0.1, -0.05) is 91.9 Å². The summed E-state index contributed by atoms with van der Waals surface area (Å²) in [6.07, 6.45) is 0.886. The summed E-state index contributed by atoms with van der Waals surface area (Å²) in [7, 11) is 0. The van der Waals surface area contributed by atoms with Crippen LogP contribution in [0.5, 0.6) is 0 Å². The van der Waals surface area contributed by atoms with Gasteiger partial charge in [-0.25, -0.2) is 0 Å². The standard InChI is InChI=1S/C32H29N3/c1-2-23-20-27(22-30(32(23)35-33)24-12-5-3-6-13-24)25-14-11-15-26(21-25)29-18-9-10-19-31(29)34-28-16-7-4-8-17-28/h3-22,34-35H,2,33H2,1H3. The molecule has 0 unspecified atom stereocenters. The third kappa shape index (κ3) is 4.81. The number of nitrogen functional groups attached to an aromatic ring is 1. The van der Waals surface area contributed by atoms with Crippen LogP contribution in [-0.2, 0) is 6.42 Å². The highest BCUT2D eigenvalue weighted by molar-refractivity contribution is 5.87. The number of nitrogens with one attached hydrogen (secondary N) is 2. The van der Waals surface area contributed by atoms with Gasteiger partial charge in [0, 0.05) is 22.5 Å². The van der Waals surface area contributed by atoms with Gasteiger partial charge in [-0.15, -0.1) is 0 Å². The summed E-state index contributed by atoms with van der Waals surface area (Å²) in [5, 5.41) is 3.57. The van der Waals surface area contributed by atoms with E-state index in [0.29, 0.717) is 0 Å². The molecule has 0 fully saturated rings. The van der Waals surface area contributed by atoms with Gasteiger partial charge in [0.15, 0.2) is 0 Å². The fourth-order valence-electron chi connectivity index (χ4n) is 4.55. The summed E-state index contributed by atoms with van der Waals surface area (Å²) in [6, 6.07) is 42.4. The Bertz CT molecular complexity index is 1430. The molecule has 5 aromatic carbocycles.